The first-order valence-corrected chi connectivity index (χ1v) is 9.37. The number of rotatable bonds is 11. The number of hydrogen-bond donors (Lipinski definition) is 2. The van der Waals surface area contributed by atoms with Gasteiger partial charge in [0, 0.05) is 37.0 Å². The van der Waals surface area contributed by atoms with E-state index < -0.39 is 0 Å². The molecule has 0 spiro atoms. The SMILES string of the molecule is CCNC(=NCC(C)Sc1ccccc1)NCCCCCOC.I. The van der Waals surface area contributed by atoms with E-state index in [0.29, 0.717) is 5.25 Å². The van der Waals surface area contributed by atoms with Gasteiger partial charge in [0.15, 0.2) is 5.96 Å². The summed E-state index contributed by atoms with van der Waals surface area (Å²) in [5.41, 5.74) is 0. The molecule has 0 heterocycles. The summed E-state index contributed by atoms with van der Waals surface area (Å²) in [4.78, 5) is 5.99. The third-order valence-electron chi connectivity index (χ3n) is 3.25. The number of benzene rings is 1. The zero-order chi connectivity index (χ0) is 16.8. The third kappa shape index (κ3) is 12.0. The molecule has 4 nitrogen and oxygen atoms in total. The molecule has 0 saturated heterocycles. The van der Waals surface area contributed by atoms with Gasteiger partial charge in [-0.25, -0.2) is 0 Å². The molecule has 0 fully saturated rings. The minimum atomic E-state index is 0. The predicted octanol–water partition coefficient (Wildman–Crippen LogP) is 4.16. The standard InChI is InChI=1S/C18H31N3OS.HI/c1-4-19-18(20-13-9-6-10-14-22-3)21-15-16(2)23-17-11-7-5-8-12-17;/h5,7-8,11-12,16H,4,6,9-10,13-15H2,1-3H3,(H2,19,20,21);1H. The Morgan fingerprint density at radius 1 is 1.17 bits per heavy atom. The van der Waals surface area contributed by atoms with Crippen LogP contribution in [0.5, 0.6) is 0 Å². The second-order valence-corrected chi connectivity index (χ2v) is 6.95. The molecule has 1 aromatic carbocycles. The molecule has 1 rings (SSSR count). The molecule has 0 aromatic heterocycles. The van der Waals surface area contributed by atoms with E-state index in [2.05, 4.69) is 48.7 Å². The molecule has 2 N–H and O–H groups in total. The number of guanidine groups is 1. The van der Waals surface area contributed by atoms with Crippen LogP contribution in [-0.2, 0) is 4.74 Å². The molecular formula is C18H32IN3OS. The van der Waals surface area contributed by atoms with Crippen LogP contribution in [-0.4, -0.2) is 44.6 Å². The van der Waals surface area contributed by atoms with Crippen LogP contribution in [0.1, 0.15) is 33.1 Å². The number of aliphatic imine (C=N–C) groups is 1. The molecule has 0 amide bonds. The summed E-state index contributed by atoms with van der Waals surface area (Å²) in [7, 11) is 1.75. The smallest absolute Gasteiger partial charge is 0.191 e. The van der Waals surface area contributed by atoms with Crippen molar-refractivity contribution in [3.63, 3.8) is 0 Å². The summed E-state index contributed by atoms with van der Waals surface area (Å²) in [6.07, 6.45) is 3.44. The summed E-state index contributed by atoms with van der Waals surface area (Å²) < 4.78 is 5.06. The lowest BCUT2D eigenvalue weighted by molar-refractivity contribution is 0.192. The number of methoxy groups -OCH3 is 1. The number of unbranched alkanes of at least 4 members (excludes halogenated alkanes) is 2. The average molecular weight is 465 g/mol. The minimum absolute atomic E-state index is 0. The molecule has 1 atom stereocenters. The summed E-state index contributed by atoms with van der Waals surface area (Å²) in [5, 5.41) is 7.17. The minimum Gasteiger partial charge on any atom is -0.385 e. The highest BCUT2D eigenvalue weighted by Crippen LogP contribution is 2.22. The lowest BCUT2D eigenvalue weighted by Gasteiger charge is -2.13. The van der Waals surface area contributed by atoms with Crippen molar-refractivity contribution < 1.29 is 4.74 Å². The lowest BCUT2D eigenvalue weighted by Crippen LogP contribution is -2.38. The van der Waals surface area contributed by atoms with Crippen molar-refractivity contribution in [2.24, 2.45) is 4.99 Å². The summed E-state index contributed by atoms with van der Waals surface area (Å²) in [6, 6.07) is 10.5. The molecule has 0 aliphatic carbocycles. The quantitative estimate of drug-likeness (QED) is 0.169. The molecule has 0 aliphatic heterocycles. The molecule has 0 bridgehead atoms. The lowest BCUT2D eigenvalue weighted by atomic mass is 10.2. The number of hydrogen-bond acceptors (Lipinski definition) is 3. The van der Waals surface area contributed by atoms with Crippen molar-refractivity contribution >= 4 is 41.7 Å². The monoisotopic (exact) mass is 465 g/mol. The van der Waals surface area contributed by atoms with Crippen LogP contribution in [0.25, 0.3) is 0 Å². The van der Waals surface area contributed by atoms with Gasteiger partial charge in [-0.2, -0.15) is 0 Å². The van der Waals surface area contributed by atoms with E-state index in [-0.39, 0.29) is 24.0 Å². The third-order valence-corrected chi connectivity index (χ3v) is 4.34. The topological polar surface area (TPSA) is 45.7 Å². The van der Waals surface area contributed by atoms with Gasteiger partial charge in [0.2, 0.25) is 0 Å². The molecule has 1 unspecified atom stereocenters. The second kappa shape index (κ2) is 16.0. The van der Waals surface area contributed by atoms with Gasteiger partial charge in [-0.15, -0.1) is 35.7 Å². The Balaban J connectivity index is 0.00000529. The number of thioether (sulfide) groups is 1. The molecule has 138 valence electrons. The highest BCUT2D eigenvalue weighted by atomic mass is 127. The first kappa shape index (κ1) is 23.5. The van der Waals surface area contributed by atoms with Gasteiger partial charge in [0.05, 0.1) is 6.54 Å². The van der Waals surface area contributed by atoms with Crippen LogP contribution in [0.4, 0.5) is 0 Å². The zero-order valence-corrected chi connectivity index (χ0v) is 18.2. The maximum Gasteiger partial charge on any atom is 0.191 e. The van der Waals surface area contributed by atoms with Crippen LogP contribution < -0.4 is 10.6 Å². The molecule has 1 aromatic rings. The number of ether oxygens (including phenoxy) is 1. The summed E-state index contributed by atoms with van der Waals surface area (Å²) >= 11 is 1.86. The van der Waals surface area contributed by atoms with Crippen LogP contribution in [0.2, 0.25) is 0 Å². The fourth-order valence-electron chi connectivity index (χ4n) is 2.09. The fraction of sp³-hybridized carbons (Fsp3) is 0.611. The van der Waals surface area contributed by atoms with Gasteiger partial charge in [0.1, 0.15) is 0 Å². The van der Waals surface area contributed by atoms with E-state index in [0.717, 1.165) is 45.0 Å². The second-order valence-electron chi connectivity index (χ2n) is 5.44. The van der Waals surface area contributed by atoms with Gasteiger partial charge < -0.3 is 15.4 Å². The van der Waals surface area contributed by atoms with Gasteiger partial charge in [0.25, 0.3) is 0 Å². The van der Waals surface area contributed by atoms with Gasteiger partial charge in [-0.05, 0) is 38.3 Å². The Morgan fingerprint density at radius 3 is 2.58 bits per heavy atom. The maximum atomic E-state index is 5.06. The van der Waals surface area contributed by atoms with Crippen LogP contribution in [0.3, 0.4) is 0 Å². The number of nitrogens with zero attached hydrogens (tertiary/aromatic N) is 1. The predicted molar refractivity (Wildman–Crippen MR) is 117 cm³/mol. The largest absolute Gasteiger partial charge is 0.385 e. The van der Waals surface area contributed by atoms with Gasteiger partial charge >= 0.3 is 0 Å². The fourth-order valence-corrected chi connectivity index (χ4v) is 3.01. The Kier molecular flexibility index (Phi) is 15.7. The van der Waals surface area contributed by atoms with Gasteiger partial charge in [-0.1, -0.05) is 25.1 Å². The Bertz CT molecular complexity index is 432. The molecule has 0 radical (unpaired) electrons. The summed E-state index contributed by atoms with van der Waals surface area (Å²) in [5.74, 6) is 0.916. The first-order chi connectivity index (χ1) is 11.3. The van der Waals surface area contributed by atoms with Crippen LogP contribution in [0.15, 0.2) is 40.2 Å². The maximum absolute atomic E-state index is 5.06. The van der Waals surface area contributed by atoms with E-state index in [4.69, 9.17) is 9.73 Å². The van der Waals surface area contributed by atoms with Crippen molar-refractivity contribution in [3.05, 3.63) is 30.3 Å². The first-order valence-electron chi connectivity index (χ1n) is 8.49. The molecule has 6 heteroatoms. The normalized spacial score (nSPS) is 12.4. The highest BCUT2D eigenvalue weighted by molar-refractivity contribution is 14.0. The summed E-state index contributed by atoms with van der Waals surface area (Å²) in [6.45, 7) is 7.81. The Hall–Kier alpha value is -0.470. The Morgan fingerprint density at radius 2 is 1.92 bits per heavy atom. The van der Waals surface area contributed by atoms with Crippen LogP contribution >= 0.6 is 35.7 Å². The van der Waals surface area contributed by atoms with Crippen molar-refractivity contribution in [2.45, 2.75) is 43.3 Å². The van der Waals surface area contributed by atoms with Crippen molar-refractivity contribution in [1.82, 2.24) is 10.6 Å². The van der Waals surface area contributed by atoms with E-state index in [1.54, 1.807) is 7.11 Å². The average Bonchev–Trinajstić information content (AvgIpc) is 2.56. The molecule has 24 heavy (non-hydrogen) atoms. The molecule has 0 saturated carbocycles. The van der Waals surface area contributed by atoms with E-state index >= 15 is 0 Å². The zero-order valence-electron chi connectivity index (χ0n) is 15.1. The van der Waals surface area contributed by atoms with Crippen molar-refractivity contribution in [1.29, 1.82) is 0 Å². The van der Waals surface area contributed by atoms with Crippen molar-refractivity contribution in [3.8, 4) is 0 Å². The van der Waals surface area contributed by atoms with Crippen LogP contribution in [0, 0.1) is 0 Å². The van der Waals surface area contributed by atoms with Crippen molar-refractivity contribution in [2.75, 3.05) is 33.4 Å². The molecular weight excluding hydrogens is 433 g/mol. The highest BCUT2D eigenvalue weighted by Gasteiger charge is 2.04. The van der Waals surface area contributed by atoms with E-state index in [9.17, 15) is 0 Å². The number of nitrogens with one attached hydrogen (secondary N) is 2. The van der Waals surface area contributed by atoms with E-state index in [1.165, 1.54) is 11.3 Å². The van der Waals surface area contributed by atoms with Gasteiger partial charge in [-0.3, -0.25) is 4.99 Å². The number of halogens is 1. The van der Waals surface area contributed by atoms with E-state index in [1.807, 2.05) is 17.8 Å². The Labute approximate surface area is 168 Å². The molecule has 0 aliphatic rings.